The fourth-order valence-corrected chi connectivity index (χ4v) is 3.65. The van der Waals surface area contributed by atoms with E-state index in [0.717, 1.165) is 17.5 Å². The maximum atomic E-state index is 13.1. The Morgan fingerprint density at radius 2 is 1.73 bits per heavy atom. The van der Waals surface area contributed by atoms with Gasteiger partial charge in [-0.25, -0.2) is 9.78 Å². The number of methoxy groups -OCH3 is 1. The molecule has 0 aliphatic carbocycles. The predicted molar refractivity (Wildman–Crippen MR) is 127 cm³/mol. The van der Waals surface area contributed by atoms with Gasteiger partial charge in [0.2, 0.25) is 0 Å². The number of rotatable bonds is 6. The molecule has 4 rings (SSSR count). The number of aryl methyl sites for hydroxylation is 1. The second-order valence-electron chi connectivity index (χ2n) is 7.51. The molecule has 1 N–H and O–H groups in total. The Hall–Kier alpha value is -4.26. The molecule has 4 aromatic rings. The Balaban J connectivity index is 1.62. The second kappa shape index (κ2) is 9.48. The van der Waals surface area contributed by atoms with Crippen molar-refractivity contribution in [3.8, 4) is 11.3 Å². The van der Waals surface area contributed by atoms with Gasteiger partial charge >= 0.3 is 5.97 Å². The quantitative estimate of drug-likeness (QED) is 0.445. The lowest BCUT2D eigenvalue weighted by molar-refractivity contribution is 0.0600. The van der Waals surface area contributed by atoms with Crippen LogP contribution >= 0.6 is 0 Å². The van der Waals surface area contributed by atoms with E-state index in [1.807, 2.05) is 31.2 Å². The molecule has 0 saturated heterocycles. The number of anilines is 1. The molecule has 0 aliphatic heterocycles. The van der Waals surface area contributed by atoms with E-state index in [2.05, 4.69) is 10.3 Å². The molecule has 1 aromatic heterocycles. The minimum absolute atomic E-state index is 0.160. The Labute approximate surface area is 190 Å². The smallest absolute Gasteiger partial charge is 0.337 e. The average Bonchev–Trinajstić information content (AvgIpc) is 2.85. The molecule has 1 amide bonds. The predicted octanol–water partition coefficient (Wildman–Crippen LogP) is 4.51. The third-order valence-electron chi connectivity index (χ3n) is 5.26. The van der Waals surface area contributed by atoms with E-state index >= 15 is 0 Å². The first-order valence-corrected chi connectivity index (χ1v) is 10.6. The number of carbonyl (C=O) groups excluding carboxylic acids is 2. The lowest BCUT2D eigenvalue weighted by atomic mass is 10.1. The zero-order valence-electron chi connectivity index (χ0n) is 18.4. The van der Waals surface area contributed by atoms with E-state index < -0.39 is 5.97 Å². The summed E-state index contributed by atoms with van der Waals surface area (Å²) in [5, 5.41) is 2.77. The Morgan fingerprint density at radius 1 is 0.970 bits per heavy atom. The van der Waals surface area contributed by atoms with E-state index in [1.165, 1.54) is 7.11 Å². The molecule has 0 bridgehead atoms. The number of esters is 1. The lowest BCUT2D eigenvalue weighted by Gasteiger charge is -2.12. The van der Waals surface area contributed by atoms with Crippen LogP contribution in [0.1, 0.15) is 34.1 Å². The van der Waals surface area contributed by atoms with Gasteiger partial charge in [0.1, 0.15) is 5.69 Å². The molecule has 1 heterocycles. The van der Waals surface area contributed by atoms with E-state index in [1.54, 1.807) is 53.1 Å². The minimum atomic E-state index is -0.480. The number of nitrogens with one attached hydrogen (secondary N) is 1. The number of carbonyl (C=O) groups is 2. The summed E-state index contributed by atoms with van der Waals surface area (Å²) in [6.07, 6.45) is 0.823. The number of fused-ring (bicyclic) bond motifs is 1. The van der Waals surface area contributed by atoms with Crippen LogP contribution in [0.2, 0.25) is 0 Å². The highest BCUT2D eigenvalue weighted by Gasteiger charge is 2.14. The molecule has 0 fully saturated rings. The van der Waals surface area contributed by atoms with Gasteiger partial charge < -0.3 is 14.6 Å². The highest BCUT2D eigenvalue weighted by atomic mass is 16.5. The van der Waals surface area contributed by atoms with Crippen LogP contribution in [-0.4, -0.2) is 28.5 Å². The zero-order valence-corrected chi connectivity index (χ0v) is 18.4. The fraction of sp³-hybridized carbons (Fsp3) is 0.154. The molecule has 7 heteroatoms. The van der Waals surface area contributed by atoms with Gasteiger partial charge in [-0.3, -0.25) is 9.59 Å². The van der Waals surface area contributed by atoms with Crippen LogP contribution in [-0.2, 0) is 11.3 Å². The monoisotopic (exact) mass is 441 g/mol. The maximum absolute atomic E-state index is 13.1. The molecule has 3 aromatic carbocycles. The van der Waals surface area contributed by atoms with Gasteiger partial charge in [0.25, 0.3) is 11.5 Å². The Morgan fingerprint density at radius 3 is 2.45 bits per heavy atom. The van der Waals surface area contributed by atoms with Gasteiger partial charge in [0, 0.05) is 23.4 Å². The highest BCUT2D eigenvalue weighted by molar-refractivity contribution is 6.05. The summed E-state index contributed by atoms with van der Waals surface area (Å²) in [6.45, 7) is 2.62. The van der Waals surface area contributed by atoms with Crippen molar-refractivity contribution in [3.05, 3.63) is 94.3 Å². The molecule has 7 nitrogen and oxygen atoms in total. The molecular formula is C26H23N3O4. The van der Waals surface area contributed by atoms with Crippen molar-refractivity contribution in [3.63, 3.8) is 0 Å². The molecule has 0 saturated carbocycles. The van der Waals surface area contributed by atoms with Crippen molar-refractivity contribution in [1.82, 2.24) is 9.55 Å². The standard InChI is InChI=1S/C26H23N3O4/c1-3-15-29-22-10-5-4-9-21(22)28-23(25(29)31)17-11-13-18(14-12-17)24(30)27-20-8-6-7-19(16-20)26(32)33-2/h4-14,16H,3,15H2,1-2H3,(H,27,30). The molecule has 33 heavy (non-hydrogen) atoms. The number of hydrogen-bond donors (Lipinski definition) is 1. The number of hydrogen-bond acceptors (Lipinski definition) is 5. The number of amides is 1. The highest BCUT2D eigenvalue weighted by Crippen LogP contribution is 2.20. The van der Waals surface area contributed by atoms with Gasteiger partial charge in [-0.15, -0.1) is 0 Å². The van der Waals surface area contributed by atoms with Crippen molar-refractivity contribution in [2.45, 2.75) is 19.9 Å². The number of aromatic nitrogens is 2. The van der Waals surface area contributed by atoms with Crippen molar-refractivity contribution in [1.29, 1.82) is 0 Å². The minimum Gasteiger partial charge on any atom is -0.465 e. The first-order valence-electron chi connectivity index (χ1n) is 10.6. The maximum Gasteiger partial charge on any atom is 0.337 e. The van der Waals surface area contributed by atoms with Crippen LogP contribution in [0.4, 0.5) is 5.69 Å². The van der Waals surface area contributed by atoms with Crippen LogP contribution < -0.4 is 10.9 Å². The van der Waals surface area contributed by atoms with Crippen molar-refractivity contribution >= 4 is 28.6 Å². The summed E-state index contributed by atoms with van der Waals surface area (Å²) in [7, 11) is 1.30. The molecule has 0 atom stereocenters. The zero-order chi connectivity index (χ0) is 23.4. The first-order chi connectivity index (χ1) is 16.0. The number of para-hydroxylation sites is 2. The molecule has 166 valence electrons. The van der Waals surface area contributed by atoms with Crippen LogP contribution in [0.5, 0.6) is 0 Å². The molecule has 0 radical (unpaired) electrons. The summed E-state index contributed by atoms with van der Waals surface area (Å²) < 4.78 is 6.45. The van der Waals surface area contributed by atoms with Crippen LogP contribution in [0.25, 0.3) is 22.3 Å². The molecule has 0 unspecified atom stereocenters. The van der Waals surface area contributed by atoms with Gasteiger partial charge in [-0.1, -0.05) is 37.3 Å². The molecule has 0 spiro atoms. The summed E-state index contributed by atoms with van der Waals surface area (Å²) in [5.41, 5.74) is 3.61. The average molecular weight is 441 g/mol. The van der Waals surface area contributed by atoms with Gasteiger partial charge in [0.15, 0.2) is 0 Å². The summed E-state index contributed by atoms with van der Waals surface area (Å²) in [4.78, 5) is 42.1. The van der Waals surface area contributed by atoms with E-state index in [4.69, 9.17) is 4.74 Å². The largest absolute Gasteiger partial charge is 0.465 e. The van der Waals surface area contributed by atoms with Gasteiger partial charge in [-0.05, 0) is 48.9 Å². The normalized spacial score (nSPS) is 10.7. The fourth-order valence-electron chi connectivity index (χ4n) is 3.65. The third kappa shape index (κ3) is 4.52. The van der Waals surface area contributed by atoms with Crippen LogP contribution in [0.3, 0.4) is 0 Å². The topological polar surface area (TPSA) is 90.3 Å². The Kier molecular flexibility index (Phi) is 6.31. The summed E-state index contributed by atoms with van der Waals surface area (Å²) >= 11 is 0. The second-order valence-corrected chi connectivity index (χ2v) is 7.51. The number of ether oxygens (including phenoxy) is 1. The van der Waals surface area contributed by atoms with Gasteiger partial charge in [0.05, 0.1) is 23.7 Å². The van der Waals surface area contributed by atoms with Crippen LogP contribution in [0.15, 0.2) is 77.6 Å². The molecular weight excluding hydrogens is 418 g/mol. The van der Waals surface area contributed by atoms with E-state index in [-0.39, 0.29) is 11.5 Å². The third-order valence-corrected chi connectivity index (χ3v) is 5.26. The van der Waals surface area contributed by atoms with Gasteiger partial charge in [-0.2, -0.15) is 0 Å². The number of nitrogens with zero attached hydrogens (tertiary/aromatic N) is 2. The molecule has 0 aliphatic rings. The summed E-state index contributed by atoms with van der Waals surface area (Å²) in [6, 6.07) is 20.8. The van der Waals surface area contributed by atoms with Crippen molar-refractivity contribution < 1.29 is 14.3 Å². The SMILES string of the molecule is CCCn1c(=O)c(-c2ccc(C(=O)Nc3cccc(C(=O)OC)c3)cc2)nc2ccccc21. The Bertz CT molecular complexity index is 1390. The van der Waals surface area contributed by atoms with E-state index in [0.29, 0.717) is 34.6 Å². The lowest BCUT2D eigenvalue weighted by Crippen LogP contribution is -2.23. The summed E-state index contributed by atoms with van der Waals surface area (Å²) in [5.74, 6) is -0.814. The van der Waals surface area contributed by atoms with Crippen LogP contribution in [0, 0.1) is 0 Å². The van der Waals surface area contributed by atoms with Crippen molar-refractivity contribution in [2.75, 3.05) is 12.4 Å². The van der Waals surface area contributed by atoms with Crippen molar-refractivity contribution in [2.24, 2.45) is 0 Å². The van der Waals surface area contributed by atoms with E-state index in [9.17, 15) is 14.4 Å². The first kappa shape index (κ1) is 22.0. The number of benzene rings is 3.